The van der Waals surface area contributed by atoms with Gasteiger partial charge >= 0.3 is 5.97 Å². The average molecular weight is 446 g/mol. The molecule has 1 heterocycles. The summed E-state index contributed by atoms with van der Waals surface area (Å²) in [5.41, 5.74) is 4.68. The van der Waals surface area contributed by atoms with Gasteiger partial charge in [-0.3, -0.25) is 4.79 Å². The molecule has 0 unspecified atom stereocenters. The fourth-order valence-electron chi connectivity index (χ4n) is 4.81. The Hall–Kier alpha value is -3.34. The number of hydrogen-bond acceptors (Lipinski definition) is 5. The lowest BCUT2D eigenvalue weighted by molar-refractivity contribution is -0.140. The van der Waals surface area contributed by atoms with Gasteiger partial charge in [0, 0.05) is 29.0 Å². The molecule has 4 rings (SSSR count). The van der Waals surface area contributed by atoms with Crippen LogP contribution in [0.2, 0.25) is 0 Å². The molecule has 2 atom stereocenters. The van der Waals surface area contributed by atoms with Crippen LogP contribution < -0.4 is 10.1 Å². The maximum Gasteiger partial charge on any atom is 0.336 e. The number of carbonyl (C=O) groups is 2. The van der Waals surface area contributed by atoms with Crippen LogP contribution in [0.5, 0.6) is 5.75 Å². The minimum absolute atomic E-state index is 0.0511. The number of para-hydroxylation sites is 1. The van der Waals surface area contributed by atoms with Crippen LogP contribution in [-0.2, 0) is 14.3 Å². The molecule has 0 fully saturated rings. The zero-order chi connectivity index (χ0) is 23.5. The molecule has 1 N–H and O–H groups in total. The van der Waals surface area contributed by atoms with Crippen LogP contribution in [0.25, 0.3) is 0 Å². The number of hydrogen-bond donors (Lipinski definition) is 1. The normalized spacial score (nSPS) is 20.5. The van der Waals surface area contributed by atoms with Gasteiger partial charge in [0.15, 0.2) is 5.78 Å². The smallest absolute Gasteiger partial charge is 0.336 e. The van der Waals surface area contributed by atoms with Gasteiger partial charge in [-0.15, -0.1) is 0 Å². The minimum Gasteiger partial charge on any atom is -0.496 e. The molecular formula is C28H31NO4. The van der Waals surface area contributed by atoms with Crippen molar-refractivity contribution in [1.82, 2.24) is 5.32 Å². The van der Waals surface area contributed by atoms with Crippen molar-refractivity contribution in [3.8, 4) is 5.75 Å². The van der Waals surface area contributed by atoms with Gasteiger partial charge in [-0.25, -0.2) is 4.79 Å². The first kappa shape index (κ1) is 22.8. The molecule has 5 heteroatoms. The first-order valence-corrected chi connectivity index (χ1v) is 11.5. The number of rotatable bonds is 6. The highest BCUT2D eigenvalue weighted by atomic mass is 16.5. The molecule has 1 aliphatic heterocycles. The summed E-state index contributed by atoms with van der Waals surface area (Å²) in [6.07, 6.45) is 1.12. The van der Waals surface area contributed by atoms with E-state index in [2.05, 4.69) is 17.4 Å². The molecule has 0 saturated carbocycles. The molecule has 2 aromatic rings. The van der Waals surface area contributed by atoms with E-state index in [0.29, 0.717) is 36.3 Å². The Labute approximate surface area is 195 Å². The van der Waals surface area contributed by atoms with Gasteiger partial charge in [0.2, 0.25) is 0 Å². The van der Waals surface area contributed by atoms with E-state index >= 15 is 0 Å². The van der Waals surface area contributed by atoms with Crippen LogP contribution >= 0.6 is 0 Å². The van der Waals surface area contributed by atoms with E-state index in [1.807, 2.05) is 63.2 Å². The number of ketones is 1. The van der Waals surface area contributed by atoms with Crippen molar-refractivity contribution < 1.29 is 19.1 Å². The monoisotopic (exact) mass is 445 g/mol. The van der Waals surface area contributed by atoms with Gasteiger partial charge < -0.3 is 14.8 Å². The third kappa shape index (κ3) is 4.58. The zero-order valence-electron chi connectivity index (χ0n) is 19.7. The van der Waals surface area contributed by atoms with Gasteiger partial charge in [-0.05, 0) is 36.8 Å². The summed E-state index contributed by atoms with van der Waals surface area (Å²) in [6.45, 7) is 6.21. The van der Waals surface area contributed by atoms with Crippen molar-refractivity contribution >= 4 is 11.8 Å². The maximum absolute atomic E-state index is 13.6. The summed E-state index contributed by atoms with van der Waals surface area (Å²) >= 11 is 0. The number of carbonyl (C=O) groups excluding carboxylic acids is 2. The molecule has 0 saturated heterocycles. The summed E-state index contributed by atoms with van der Waals surface area (Å²) in [5.74, 6) is 0.0983. The quantitative estimate of drug-likeness (QED) is 0.615. The van der Waals surface area contributed by atoms with E-state index in [-0.39, 0.29) is 17.6 Å². The molecule has 0 aromatic heterocycles. The van der Waals surface area contributed by atoms with E-state index in [0.717, 1.165) is 22.5 Å². The Kier molecular flexibility index (Phi) is 6.68. The van der Waals surface area contributed by atoms with Crippen molar-refractivity contribution in [2.24, 2.45) is 5.92 Å². The Morgan fingerprint density at radius 2 is 1.76 bits per heavy atom. The first-order valence-electron chi connectivity index (χ1n) is 11.5. The highest BCUT2D eigenvalue weighted by Crippen LogP contribution is 2.47. The fraction of sp³-hybridized carbons (Fsp3) is 0.357. The molecule has 172 valence electrons. The summed E-state index contributed by atoms with van der Waals surface area (Å²) < 4.78 is 11.3. The van der Waals surface area contributed by atoms with Crippen molar-refractivity contribution in [2.75, 3.05) is 13.7 Å². The van der Waals surface area contributed by atoms with E-state index in [1.165, 1.54) is 0 Å². The van der Waals surface area contributed by atoms with Crippen molar-refractivity contribution in [3.63, 3.8) is 0 Å². The van der Waals surface area contributed by atoms with Gasteiger partial charge in [0.1, 0.15) is 5.75 Å². The summed E-state index contributed by atoms with van der Waals surface area (Å²) in [4.78, 5) is 26.9. The molecule has 0 spiro atoms. The second kappa shape index (κ2) is 9.65. The largest absolute Gasteiger partial charge is 0.496 e. The molecule has 2 aromatic carbocycles. The number of allylic oxidation sites excluding steroid dienone is 3. The number of benzene rings is 2. The van der Waals surface area contributed by atoms with E-state index in [4.69, 9.17) is 9.47 Å². The van der Waals surface area contributed by atoms with Crippen LogP contribution in [0, 0.1) is 5.92 Å². The first-order chi connectivity index (χ1) is 15.9. The Morgan fingerprint density at radius 1 is 1.06 bits per heavy atom. The van der Waals surface area contributed by atoms with E-state index in [9.17, 15) is 9.59 Å². The summed E-state index contributed by atoms with van der Waals surface area (Å²) in [5, 5.41) is 3.40. The minimum atomic E-state index is -0.527. The van der Waals surface area contributed by atoms with E-state index < -0.39 is 11.9 Å². The average Bonchev–Trinajstić information content (AvgIpc) is 2.82. The van der Waals surface area contributed by atoms with Crippen LogP contribution in [0.3, 0.4) is 0 Å². The molecular weight excluding hydrogens is 414 g/mol. The zero-order valence-corrected chi connectivity index (χ0v) is 19.7. The number of Topliss-reactive ketones (excluding diaryl/α,β-unsaturated/α-hetero) is 1. The molecule has 5 nitrogen and oxygen atoms in total. The van der Waals surface area contributed by atoms with Crippen molar-refractivity contribution in [3.05, 3.63) is 88.3 Å². The Balaban J connectivity index is 1.80. The molecule has 2 aliphatic rings. The molecule has 0 radical (unpaired) electrons. The van der Waals surface area contributed by atoms with Crippen LogP contribution in [0.1, 0.15) is 56.6 Å². The van der Waals surface area contributed by atoms with Crippen molar-refractivity contribution in [2.45, 2.75) is 45.4 Å². The standard InChI is InChI=1S/C28H31NO4/c1-17(2)16-33-28(31)25-18(3)29-22-14-20(19-10-6-5-7-11-19)15-23(30)27(22)26(25)21-12-8-9-13-24(21)32-4/h5-13,17,20,26,29H,14-16H2,1-4H3/t20-,26-/m1/s1. The van der Waals surface area contributed by atoms with Gasteiger partial charge in [0.05, 0.1) is 25.2 Å². The number of ether oxygens (including phenoxy) is 2. The Bertz CT molecular complexity index is 1110. The number of nitrogens with one attached hydrogen (secondary N) is 1. The number of dihydropyridines is 1. The maximum atomic E-state index is 13.6. The highest BCUT2D eigenvalue weighted by molar-refractivity contribution is 6.04. The second-order valence-corrected chi connectivity index (χ2v) is 9.16. The lowest BCUT2D eigenvalue weighted by atomic mass is 9.71. The molecule has 33 heavy (non-hydrogen) atoms. The predicted octanol–water partition coefficient (Wildman–Crippen LogP) is 5.26. The summed E-state index contributed by atoms with van der Waals surface area (Å²) in [7, 11) is 1.61. The van der Waals surface area contributed by atoms with Crippen LogP contribution in [-0.4, -0.2) is 25.5 Å². The van der Waals surface area contributed by atoms with E-state index in [1.54, 1.807) is 7.11 Å². The summed E-state index contributed by atoms with van der Waals surface area (Å²) in [6, 6.07) is 17.7. The molecule has 1 aliphatic carbocycles. The SMILES string of the molecule is COc1ccccc1[C@@H]1C(C(=O)OCC(C)C)=C(C)NC2=C1C(=O)C[C@H](c1ccccc1)C2. The topological polar surface area (TPSA) is 64.6 Å². The lowest BCUT2D eigenvalue weighted by Crippen LogP contribution is -2.36. The Morgan fingerprint density at radius 3 is 2.45 bits per heavy atom. The highest BCUT2D eigenvalue weighted by Gasteiger charge is 2.42. The van der Waals surface area contributed by atoms with Gasteiger partial charge in [0.25, 0.3) is 0 Å². The third-order valence-electron chi connectivity index (χ3n) is 6.32. The predicted molar refractivity (Wildman–Crippen MR) is 128 cm³/mol. The van der Waals surface area contributed by atoms with Crippen LogP contribution in [0.4, 0.5) is 0 Å². The third-order valence-corrected chi connectivity index (χ3v) is 6.32. The van der Waals surface area contributed by atoms with Gasteiger partial charge in [-0.1, -0.05) is 62.4 Å². The lowest BCUT2D eigenvalue weighted by Gasteiger charge is -2.37. The van der Waals surface area contributed by atoms with Crippen LogP contribution in [0.15, 0.2) is 77.1 Å². The number of methoxy groups -OCH3 is 1. The second-order valence-electron chi connectivity index (χ2n) is 9.16. The number of esters is 1. The van der Waals surface area contributed by atoms with Crippen molar-refractivity contribution in [1.29, 1.82) is 0 Å². The molecule has 0 bridgehead atoms. The molecule has 0 amide bonds. The van der Waals surface area contributed by atoms with Gasteiger partial charge in [-0.2, -0.15) is 0 Å². The fourth-order valence-corrected chi connectivity index (χ4v) is 4.81.